The molecular weight excluding hydrogens is 322 g/mol. The predicted octanol–water partition coefficient (Wildman–Crippen LogP) is 5.11. The van der Waals surface area contributed by atoms with E-state index >= 15 is 0 Å². The highest BCUT2D eigenvalue weighted by molar-refractivity contribution is 9.10. The Morgan fingerprint density at radius 3 is 2.95 bits per heavy atom. The summed E-state index contributed by atoms with van der Waals surface area (Å²) in [7, 11) is 0. The second-order valence-electron chi connectivity index (χ2n) is 7.23. The molecule has 0 bridgehead atoms. The lowest BCUT2D eigenvalue weighted by atomic mass is 9.81. The first-order valence-corrected chi connectivity index (χ1v) is 9.50. The Morgan fingerprint density at radius 1 is 1.19 bits per heavy atom. The van der Waals surface area contributed by atoms with Crippen molar-refractivity contribution >= 4 is 15.9 Å². The molecule has 1 fully saturated rings. The van der Waals surface area contributed by atoms with E-state index in [9.17, 15) is 0 Å². The number of fused-ring (bicyclic) bond motifs is 1. The van der Waals surface area contributed by atoms with Crippen LogP contribution in [0.3, 0.4) is 0 Å². The monoisotopic (exact) mass is 349 g/mol. The molecule has 1 saturated carbocycles. The number of benzene rings is 1. The van der Waals surface area contributed by atoms with E-state index in [-0.39, 0.29) is 0 Å². The van der Waals surface area contributed by atoms with Crippen molar-refractivity contribution in [2.75, 3.05) is 6.54 Å². The maximum Gasteiger partial charge on any atom is 0.0178 e. The molecule has 0 radical (unpaired) electrons. The van der Waals surface area contributed by atoms with E-state index in [0.29, 0.717) is 6.04 Å². The Kier molecular flexibility index (Phi) is 5.39. The Balaban J connectivity index is 1.43. The van der Waals surface area contributed by atoms with Gasteiger partial charge in [0.2, 0.25) is 0 Å². The minimum absolute atomic E-state index is 0.694. The molecule has 3 atom stereocenters. The van der Waals surface area contributed by atoms with E-state index in [1.54, 1.807) is 11.1 Å². The van der Waals surface area contributed by atoms with Gasteiger partial charge in [0.15, 0.2) is 0 Å². The van der Waals surface area contributed by atoms with Gasteiger partial charge in [-0.1, -0.05) is 48.2 Å². The molecule has 0 amide bonds. The van der Waals surface area contributed by atoms with Crippen LogP contribution in [0.5, 0.6) is 0 Å². The molecule has 1 aromatic carbocycles. The summed E-state index contributed by atoms with van der Waals surface area (Å²) in [5.74, 6) is 1.94. The molecule has 116 valence electrons. The van der Waals surface area contributed by atoms with Crippen LogP contribution in [-0.2, 0) is 12.8 Å². The zero-order chi connectivity index (χ0) is 14.7. The van der Waals surface area contributed by atoms with Crippen molar-refractivity contribution in [3.63, 3.8) is 0 Å². The lowest BCUT2D eigenvalue weighted by Gasteiger charge is -2.29. The molecule has 21 heavy (non-hydrogen) atoms. The van der Waals surface area contributed by atoms with Crippen LogP contribution >= 0.6 is 15.9 Å². The Bertz CT molecular complexity index is 471. The highest BCUT2D eigenvalue weighted by Crippen LogP contribution is 2.30. The molecule has 0 aromatic heterocycles. The van der Waals surface area contributed by atoms with Crippen molar-refractivity contribution in [2.24, 2.45) is 11.8 Å². The lowest BCUT2D eigenvalue weighted by Crippen LogP contribution is -2.36. The summed E-state index contributed by atoms with van der Waals surface area (Å²) in [6.07, 6.45) is 11.0. The minimum Gasteiger partial charge on any atom is -0.314 e. The molecular formula is C19H28BrN. The van der Waals surface area contributed by atoms with Gasteiger partial charge < -0.3 is 5.32 Å². The van der Waals surface area contributed by atoms with Gasteiger partial charge in [-0.25, -0.2) is 0 Å². The molecule has 0 aliphatic heterocycles. The van der Waals surface area contributed by atoms with Gasteiger partial charge in [-0.3, -0.25) is 0 Å². The third-order valence-electron chi connectivity index (χ3n) is 5.43. The van der Waals surface area contributed by atoms with E-state index < -0.39 is 0 Å². The van der Waals surface area contributed by atoms with Gasteiger partial charge in [0.05, 0.1) is 0 Å². The molecule has 3 rings (SSSR count). The van der Waals surface area contributed by atoms with Crippen molar-refractivity contribution in [2.45, 2.75) is 64.3 Å². The first-order valence-electron chi connectivity index (χ1n) is 8.71. The Morgan fingerprint density at radius 2 is 2.10 bits per heavy atom. The number of halogens is 1. The van der Waals surface area contributed by atoms with Gasteiger partial charge in [0.1, 0.15) is 0 Å². The van der Waals surface area contributed by atoms with Gasteiger partial charge in [-0.2, -0.15) is 0 Å². The fourth-order valence-electron chi connectivity index (χ4n) is 4.21. The molecule has 2 aliphatic rings. The molecule has 0 saturated heterocycles. The van der Waals surface area contributed by atoms with Crippen molar-refractivity contribution in [1.82, 2.24) is 5.32 Å². The average Bonchev–Trinajstić information content (AvgIpc) is 2.47. The fourth-order valence-corrected chi connectivity index (χ4v) is 4.62. The zero-order valence-electron chi connectivity index (χ0n) is 13.2. The first kappa shape index (κ1) is 15.6. The predicted molar refractivity (Wildman–Crippen MR) is 93.7 cm³/mol. The van der Waals surface area contributed by atoms with E-state index in [1.165, 1.54) is 62.4 Å². The number of aryl methyl sites for hydroxylation is 1. The molecule has 0 heterocycles. The van der Waals surface area contributed by atoms with Crippen molar-refractivity contribution < 1.29 is 0 Å². The smallest absolute Gasteiger partial charge is 0.0178 e. The van der Waals surface area contributed by atoms with Crippen LogP contribution in [-0.4, -0.2) is 12.6 Å². The van der Waals surface area contributed by atoms with Gasteiger partial charge >= 0.3 is 0 Å². The van der Waals surface area contributed by atoms with Gasteiger partial charge in [0, 0.05) is 10.5 Å². The average molecular weight is 350 g/mol. The summed E-state index contributed by atoms with van der Waals surface area (Å²) in [6.45, 7) is 3.64. The van der Waals surface area contributed by atoms with Crippen LogP contribution in [0.2, 0.25) is 0 Å². The Labute approximate surface area is 138 Å². The van der Waals surface area contributed by atoms with Gasteiger partial charge in [-0.15, -0.1) is 0 Å². The second kappa shape index (κ2) is 7.28. The Hall–Kier alpha value is -0.340. The molecule has 3 unspecified atom stereocenters. The molecule has 1 aromatic rings. The highest BCUT2D eigenvalue weighted by atomic mass is 79.9. The minimum atomic E-state index is 0.694. The van der Waals surface area contributed by atoms with Gasteiger partial charge in [-0.05, 0) is 73.7 Å². The van der Waals surface area contributed by atoms with Crippen LogP contribution in [0.25, 0.3) is 0 Å². The fraction of sp³-hybridized carbons (Fsp3) is 0.684. The maximum atomic E-state index is 3.83. The number of hydrogen-bond donors (Lipinski definition) is 1. The largest absolute Gasteiger partial charge is 0.314 e. The summed E-state index contributed by atoms with van der Waals surface area (Å²) in [5, 5.41) is 3.83. The quantitative estimate of drug-likeness (QED) is 0.795. The normalized spacial score (nSPS) is 29.1. The summed E-state index contributed by atoms with van der Waals surface area (Å²) in [6, 6.07) is 7.48. The SMILES string of the molecule is CC1CCCC(CCNC2CCc3cc(Br)ccc3C2)C1. The zero-order valence-corrected chi connectivity index (χ0v) is 14.8. The van der Waals surface area contributed by atoms with Crippen LogP contribution in [0.1, 0.15) is 56.6 Å². The third-order valence-corrected chi connectivity index (χ3v) is 5.92. The summed E-state index contributed by atoms with van der Waals surface area (Å²) < 4.78 is 1.22. The van der Waals surface area contributed by atoms with Crippen molar-refractivity contribution in [1.29, 1.82) is 0 Å². The van der Waals surface area contributed by atoms with E-state index in [2.05, 4.69) is 46.4 Å². The topological polar surface area (TPSA) is 12.0 Å². The van der Waals surface area contributed by atoms with E-state index in [1.807, 2.05) is 0 Å². The molecule has 1 nitrogen and oxygen atoms in total. The van der Waals surface area contributed by atoms with Crippen molar-refractivity contribution in [3.05, 3.63) is 33.8 Å². The first-order chi connectivity index (χ1) is 10.2. The summed E-state index contributed by atoms with van der Waals surface area (Å²) in [5.41, 5.74) is 3.09. The van der Waals surface area contributed by atoms with E-state index in [4.69, 9.17) is 0 Å². The van der Waals surface area contributed by atoms with Crippen LogP contribution < -0.4 is 5.32 Å². The van der Waals surface area contributed by atoms with E-state index in [0.717, 1.165) is 11.8 Å². The number of rotatable bonds is 4. The van der Waals surface area contributed by atoms with Crippen LogP contribution in [0.15, 0.2) is 22.7 Å². The molecule has 0 spiro atoms. The molecule has 2 heteroatoms. The summed E-state index contributed by atoms with van der Waals surface area (Å²) >= 11 is 3.58. The van der Waals surface area contributed by atoms with Gasteiger partial charge in [0.25, 0.3) is 0 Å². The second-order valence-corrected chi connectivity index (χ2v) is 8.15. The molecule has 2 aliphatic carbocycles. The van der Waals surface area contributed by atoms with Crippen LogP contribution in [0.4, 0.5) is 0 Å². The number of hydrogen-bond acceptors (Lipinski definition) is 1. The highest BCUT2D eigenvalue weighted by Gasteiger charge is 2.21. The lowest BCUT2D eigenvalue weighted by molar-refractivity contribution is 0.263. The summed E-state index contributed by atoms with van der Waals surface area (Å²) in [4.78, 5) is 0. The number of nitrogens with one attached hydrogen (secondary N) is 1. The van der Waals surface area contributed by atoms with Crippen molar-refractivity contribution in [3.8, 4) is 0 Å². The molecule has 1 N–H and O–H groups in total. The standard InChI is InChI=1S/C19H28BrN/c1-14-3-2-4-15(11-14)9-10-21-19-8-6-16-12-18(20)7-5-17(16)13-19/h5,7,12,14-15,19,21H,2-4,6,8-11,13H2,1H3. The van der Waals surface area contributed by atoms with Crippen LogP contribution in [0, 0.1) is 11.8 Å². The maximum absolute atomic E-state index is 3.83. The third kappa shape index (κ3) is 4.32.